The van der Waals surface area contributed by atoms with Crippen LogP contribution >= 0.6 is 11.3 Å². The Balaban J connectivity index is 1.89. The molecule has 0 saturated heterocycles. The number of hydrogen-bond donors (Lipinski definition) is 1. The van der Waals surface area contributed by atoms with Crippen molar-refractivity contribution in [2.75, 3.05) is 6.54 Å². The minimum atomic E-state index is -0.818. The second-order valence-electron chi connectivity index (χ2n) is 5.57. The molecule has 1 aromatic heterocycles. The smallest absolute Gasteiger partial charge is 0.331 e. The highest BCUT2D eigenvalue weighted by Crippen LogP contribution is 2.22. The van der Waals surface area contributed by atoms with Gasteiger partial charge in [-0.15, -0.1) is 11.3 Å². The van der Waals surface area contributed by atoms with Crippen molar-refractivity contribution in [1.82, 2.24) is 10.3 Å². The molecular formula is C17H20N2O3S. The number of benzene rings is 1. The SMILES string of the molecule is CC(C)CNC(=O)[C@H](C)OC(=O)/C=C/c1nc2ccccc2s1. The number of nitrogens with zero attached hydrogens (tertiary/aromatic N) is 1. The normalized spacial score (nSPS) is 12.7. The second-order valence-corrected chi connectivity index (χ2v) is 6.63. The van der Waals surface area contributed by atoms with E-state index in [1.807, 2.05) is 38.1 Å². The van der Waals surface area contributed by atoms with Gasteiger partial charge in [-0.2, -0.15) is 0 Å². The predicted molar refractivity (Wildman–Crippen MR) is 92.1 cm³/mol. The van der Waals surface area contributed by atoms with E-state index < -0.39 is 12.1 Å². The van der Waals surface area contributed by atoms with Crippen LogP contribution < -0.4 is 5.32 Å². The van der Waals surface area contributed by atoms with Crippen LogP contribution in [0.4, 0.5) is 0 Å². The number of aromatic nitrogens is 1. The molecule has 0 aliphatic carbocycles. The van der Waals surface area contributed by atoms with Gasteiger partial charge < -0.3 is 10.1 Å². The van der Waals surface area contributed by atoms with E-state index in [1.54, 1.807) is 13.0 Å². The molecule has 1 heterocycles. The summed E-state index contributed by atoms with van der Waals surface area (Å²) in [5.41, 5.74) is 0.895. The zero-order chi connectivity index (χ0) is 16.8. The first-order valence-corrected chi connectivity index (χ1v) is 8.29. The minimum absolute atomic E-state index is 0.291. The highest BCUT2D eigenvalue weighted by Gasteiger charge is 2.16. The molecule has 1 atom stereocenters. The largest absolute Gasteiger partial charge is 0.449 e. The van der Waals surface area contributed by atoms with Crippen molar-refractivity contribution < 1.29 is 14.3 Å². The number of carbonyl (C=O) groups excluding carboxylic acids is 2. The second kappa shape index (κ2) is 7.87. The summed E-state index contributed by atoms with van der Waals surface area (Å²) >= 11 is 1.49. The lowest BCUT2D eigenvalue weighted by Gasteiger charge is -2.13. The predicted octanol–water partition coefficient (Wildman–Crippen LogP) is 3.01. The summed E-state index contributed by atoms with van der Waals surface area (Å²) in [7, 11) is 0. The zero-order valence-corrected chi connectivity index (χ0v) is 14.2. The van der Waals surface area contributed by atoms with Gasteiger partial charge in [0.2, 0.25) is 0 Å². The fraction of sp³-hybridized carbons (Fsp3) is 0.353. The third kappa shape index (κ3) is 5.17. The van der Waals surface area contributed by atoms with E-state index in [9.17, 15) is 9.59 Å². The lowest BCUT2D eigenvalue weighted by Crippen LogP contribution is -2.37. The number of thiazole rings is 1. The Hall–Kier alpha value is -2.21. The van der Waals surface area contributed by atoms with Crippen molar-refractivity contribution in [3.8, 4) is 0 Å². The molecule has 122 valence electrons. The Kier molecular flexibility index (Phi) is 5.87. The van der Waals surface area contributed by atoms with Crippen molar-refractivity contribution in [1.29, 1.82) is 0 Å². The highest BCUT2D eigenvalue weighted by molar-refractivity contribution is 7.19. The van der Waals surface area contributed by atoms with Crippen molar-refractivity contribution in [2.45, 2.75) is 26.9 Å². The number of para-hydroxylation sites is 1. The molecule has 2 rings (SSSR count). The van der Waals surface area contributed by atoms with Gasteiger partial charge in [0.05, 0.1) is 10.2 Å². The van der Waals surface area contributed by atoms with Crippen molar-refractivity contribution >= 4 is 39.5 Å². The van der Waals surface area contributed by atoms with Gasteiger partial charge >= 0.3 is 5.97 Å². The zero-order valence-electron chi connectivity index (χ0n) is 13.4. The molecule has 0 saturated carbocycles. The van der Waals surface area contributed by atoms with Crippen LogP contribution in [0.3, 0.4) is 0 Å². The third-order valence-corrected chi connectivity index (χ3v) is 4.02. The molecule has 0 bridgehead atoms. The monoisotopic (exact) mass is 332 g/mol. The van der Waals surface area contributed by atoms with Crippen LogP contribution in [0.15, 0.2) is 30.3 Å². The number of ether oxygens (including phenoxy) is 1. The summed E-state index contributed by atoms with van der Waals surface area (Å²) in [5.74, 6) is -0.502. The van der Waals surface area contributed by atoms with E-state index in [0.29, 0.717) is 12.5 Å². The summed E-state index contributed by atoms with van der Waals surface area (Å²) in [4.78, 5) is 27.9. The first kappa shape index (κ1) is 17.1. The molecular weight excluding hydrogens is 312 g/mol. The first-order valence-electron chi connectivity index (χ1n) is 7.47. The first-order chi connectivity index (χ1) is 11.0. The molecule has 1 aromatic carbocycles. The van der Waals surface area contributed by atoms with Crippen LogP contribution in [0.5, 0.6) is 0 Å². The van der Waals surface area contributed by atoms with E-state index >= 15 is 0 Å². The summed E-state index contributed by atoms with van der Waals surface area (Å²) in [6.07, 6.45) is 2.08. The van der Waals surface area contributed by atoms with Crippen LogP contribution in [0, 0.1) is 5.92 Å². The van der Waals surface area contributed by atoms with Gasteiger partial charge in [0, 0.05) is 12.6 Å². The van der Waals surface area contributed by atoms with Crippen molar-refractivity contribution in [3.05, 3.63) is 35.3 Å². The molecule has 1 N–H and O–H groups in total. The van der Waals surface area contributed by atoms with Crippen LogP contribution in [0.2, 0.25) is 0 Å². The molecule has 6 heteroatoms. The number of esters is 1. The molecule has 0 aliphatic heterocycles. The Labute approximate surface area is 139 Å². The maximum absolute atomic E-state index is 11.8. The van der Waals surface area contributed by atoms with Gasteiger partial charge in [0.1, 0.15) is 5.01 Å². The average Bonchev–Trinajstić information content (AvgIpc) is 2.93. The van der Waals surface area contributed by atoms with Crippen LogP contribution in [-0.4, -0.2) is 29.5 Å². The van der Waals surface area contributed by atoms with Gasteiger partial charge in [-0.25, -0.2) is 9.78 Å². The van der Waals surface area contributed by atoms with Crippen molar-refractivity contribution in [3.63, 3.8) is 0 Å². The molecule has 2 aromatic rings. The van der Waals surface area contributed by atoms with E-state index in [2.05, 4.69) is 10.3 Å². The molecule has 0 unspecified atom stereocenters. The minimum Gasteiger partial charge on any atom is -0.449 e. The fourth-order valence-electron chi connectivity index (χ4n) is 1.82. The van der Waals surface area contributed by atoms with E-state index in [-0.39, 0.29) is 5.91 Å². The van der Waals surface area contributed by atoms with Gasteiger partial charge in [0.25, 0.3) is 5.91 Å². The Morgan fingerprint density at radius 3 is 2.74 bits per heavy atom. The summed E-state index contributed by atoms with van der Waals surface area (Å²) in [6, 6.07) is 7.76. The molecule has 23 heavy (non-hydrogen) atoms. The van der Waals surface area contributed by atoms with Gasteiger partial charge in [-0.3, -0.25) is 4.79 Å². The summed E-state index contributed by atoms with van der Waals surface area (Å²) in [6.45, 7) is 6.11. The lowest BCUT2D eigenvalue weighted by molar-refractivity contribution is -0.150. The molecule has 0 radical (unpaired) electrons. The van der Waals surface area contributed by atoms with E-state index in [1.165, 1.54) is 17.4 Å². The molecule has 0 fully saturated rings. The Bertz CT molecular complexity index is 688. The maximum atomic E-state index is 11.8. The summed E-state index contributed by atoms with van der Waals surface area (Å²) < 4.78 is 6.14. The van der Waals surface area contributed by atoms with Crippen molar-refractivity contribution in [2.24, 2.45) is 5.92 Å². The van der Waals surface area contributed by atoms with Gasteiger partial charge in [-0.05, 0) is 31.1 Å². The molecule has 0 spiro atoms. The topological polar surface area (TPSA) is 68.3 Å². The summed E-state index contributed by atoms with van der Waals surface area (Å²) in [5, 5.41) is 3.45. The van der Waals surface area contributed by atoms with Gasteiger partial charge in [-0.1, -0.05) is 26.0 Å². The fourth-order valence-corrected chi connectivity index (χ4v) is 2.69. The number of amides is 1. The molecule has 0 aliphatic rings. The molecule has 1 amide bonds. The Morgan fingerprint density at radius 2 is 2.04 bits per heavy atom. The van der Waals surface area contributed by atoms with Crippen LogP contribution in [0.25, 0.3) is 16.3 Å². The highest BCUT2D eigenvalue weighted by atomic mass is 32.1. The third-order valence-electron chi connectivity index (χ3n) is 3.02. The van der Waals surface area contributed by atoms with E-state index in [0.717, 1.165) is 15.2 Å². The number of fused-ring (bicyclic) bond motifs is 1. The number of carbonyl (C=O) groups is 2. The average molecular weight is 332 g/mol. The van der Waals surface area contributed by atoms with E-state index in [4.69, 9.17) is 4.74 Å². The maximum Gasteiger partial charge on any atom is 0.331 e. The number of rotatable bonds is 6. The quantitative estimate of drug-likeness (QED) is 0.652. The number of hydrogen-bond acceptors (Lipinski definition) is 5. The molecule has 5 nitrogen and oxygen atoms in total. The standard InChI is InChI=1S/C17H20N2O3S/c1-11(2)10-18-17(21)12(3)22-16(20)9-8-15-19-13-6-4-5-7-14(13)23-15/h4-9,11-12H,10H2,1-3H3,(H,18,21)/b9-8+/t12-/m0/s1. The Morgan fingerprint density at radius 1 is 1.30 bits per heavy atom. The van der Waals surface area contributed by atoms with Gasteiger partial charge in [0.15, 0.2) is 6.10 Å². The van der Waals surface area contributed by atoms with Crippen LogP contribution in [0.1, 0.15) is 25.8 Å². The number of nitrogens with one attached hydrogen (secondary N) is 1. The van der Waals surface area contributed by atoms with Crippen LogP contribution in [-0.2, 0) is 14.3 Å². The lowest BCUT2D eigenvalue weighted by atomic mass is 10.2.